The highest BCUT2D eigenvalue weighted by molar-refractivity contribution is 7.89. The number of carbonyl (C=O) groups is 1. The first-order valence-electron chi connectivity index (χ1n) is 11.7. The number of benzene rings is 4. The quantitative estimate of drug-likeness (QED) is 0.291. The topological polar surface area (TPSA) is 93.7 Å². The monoisotopic (exact) mass is 516 g/mol. The molecule has 7 nitrogen and oxygen atoms in total. The van der Waals surface area contributed by atoms with Gasteiger partial charge in [0.15, 0.2) is 0 Å². The summed E-state index contributed by atoms with van der Waals surface area (Å²) in [5.74, 6) is 0.381. The van der Waals surface area contributed by atoms with E-state index >= 15 is 0 Å². The third kappa shape index (κ3) is 7.19. The van der Waals surface area contributed by atoms with Gasteiger partial charge in [0, 0.05) is 17.8 Å². The van der Waals surface area contributed by atoms with Crippen LogP contribution in [-0.4, -0.2) is 28.0 Å². The van der Waals surface area contributed by atoms with Crippen LogP contribution in [0, 0.1) is 0 Å². The Morgan fingerprint density at radius 3 is 2.11 bits per heavy atom. The minimum absolute atomic E-state index is 0.0969. The van der Waals surface area contributed by atoms with Gasteiger partial charge in [0.25, 0.3) is 5.91 Å². The maximum atomic E-state index is 13.0. The molecule has 0 aliphatic rings. The van der Waals surface area contributed by atoms with Crippen molar-refractivity contribution >= 4 is 21.6 Å². The Bertz CT molecular complexity index is 1420. The number of rotatable bonds is 11. The number of carbonyl (C=O) groups excluding carboxylic acids is 1. The molecule has 0 radical (unpaired) electrons. The Morgan fingerprint density at radius 2 is 1.46 bits per heavy atom. The second kappa shape index (κ2) is 12.2. The molecule has 0 atom stereocenters. The standard InChI is InChI=1S/C29H28N2O5S/c1-35-27-17-12-24(20-28(27)37(33,34)30-19-18-22-8-4-2-5-9-22)29(32)31-25-13-15-26(16-14-25)36-21-23-10-6-3-7-11-23/h2-17,20,30H,18-19,21H2,1H3,(H,31,32). The maximum absolute atomic E-state index is 13.0. The SMILES string of the molecule is COc1ccc(C(=O)Nc2ccc(OCc3ccccc3)cc2)cc1S(=O)(=O)NCCc1ccccc1. The Kier molecular flexibility index (Phi) is 8.56. The molecule has 2 N–H and O–H groups in total. The van der Waals surface area contributed by atoms with Gasteiger partial charge in [0.2, 0.25) is 10.0 Å². The number of anilines is 1. The molecule has 0 unspecified atom stereocenters. The number of methoxy groups -OCH3 is 1. The summed E-state index contributed by atoms with van der Waals surface area (Å²) < 4.78 is 39.6. The second-order valence-corrected chi connectivity index (χ2v) is 9.99. The number of hydrogen-bond acceptors (Lipinski definition) is 5. The van der Waals surface area contributed by atoms with Gasteiger partial charge < -0.3 is 14.8 Å². The van der Waals surface area contributed by atoms with Crippen molar-refractivity contribution in [3.05, 3.63) is 120 Å². The Labute approximate surface area is 217 Å². The Morgan fingerprint density at radius 1 is 0.811 bits per heavy atom. The van der Waals surface area contributed by atoms with Crippen molar-refractivity contribution in [1.82, 2.24) is 4.72 Å². The highest BCUT2D eigenvalue weighted by Gasteiger charge is 2.21. The van der Waals surface area contributed by atoms with Gasteiger partial charge in [-0.2, -0.15) is 0 Å². The maximum Gasteiger partial charge on any atom is 0.255 e. The molecule has 4 aromatic rings. The van der Waals surface area contributed by atoms with Crippen molar-refractivity contribution < 1.29 is 22.7 Å². The largest absolute Gasteiger partial charge is 0.495 e. The van der Waals surface area contributed by atoms with E-state index in [1.165, 1.54) is 25.3 Å². The molecule has 0 aliphatic carbocycles. The molecule has 0 bridgehead atoms. The molecule has 4 rings (SSSR count). The summed E-state index contributed by atoms with van der Waals surface area (Å²) in [6.45, 7) is 0.652. The fraction of sp³-hybridized carbons (Fsp3) is 0.138. The van der Waals surface area contributed by atoms with Crippen molar-refractivity contribution in [2.45, 2.75) is 17.9 Å². The fourth-order valence-electron chi connectivity index (χ4n) is 3.66. The molecule has 0 saturated heterocycles. The van der Waals surface area contributed by atoms with Crippen molar-refractivity contribution in [2.75, 3.05) is 19.0 Å². The fourth-order valence-corrected chi connectivity index (χ4v) is 4.88. The molecule has 0 aromatic heterocycles. The van der Waals surface area contributed by atoms with Gasteiger partial charge in [0.05, 0.1) is 7.11 Å². The minimum atomic E-state index is -3.91. The van der Waals surface area contributed by atoms with Crippen LogP contribution in [-0.2, 0) is 23.1 Å². The molecule has 8 heteroatoms. The molecule has 190 valence electrons. The summed E-state index contributed by atoms with van der Waals surface area (Å²) in [7, 11) is -2.52. The molecule has 0 spiro atoms. The lowest BCUT2D eigenvalue weighted by atomic mass is 10.2. The predicted octanol–water partition coefficient (Wildman–Crippen LogP) is 5.05. The summed E-state index contributed by atoms with van der Waals surface area (Å²) in [6, 6.07) is 30.7. The van der Waals surface area contributed by atoms with Gasteiger partial charge in [-0.05, 0) is 60.0 Å². The first kappa shape index (κ1) is 25.9. The first-order valence-corrected chi connectivity index (χ1v) is 13.2. The van der Waals surface area contributed by atoms with Gasteiger partial charge in [-0.15, -0.1) is 0 Å². The number of sulfonamides is 1. The van der Waals surface area contributed by atoms with Gasteiger partial charge in [0.1, 0.15) is 23.0 Å². The molecule has 1 amide bonds. The summed E-state index contributed by atoms with van der Waals surface area (Å²) >= 11 is 0. The van der Waals surface area contributed by atoms with Crippen molar-refractivity contribution in [3.8, 4) is 11.5 Å². The molecular formula is C29H28N2O5S. The number of amides is 1. The van der Waals surface area contributed by atoms with E-state index in [1.54, 1.807) is 24.3 Å². The van der Waals surface area contributed by atoms with Crippen LogP contribution < -0.4 is 19.5 Å². The Hall–Kier alpha value is -4.14. The van der Waals surface area contributed by atoms with Crippen LogP contribution in [0.3, 0.4) is 0 Å². The van der Waals surface area contributed by atoms with E-state index in [0.717, 1.165) is 11.1 Å². The van der Waals surface area contributed by atoms with E-state index < -0.39 is 15.9 Å². The smallest absolute Gasteiger partial charge is 0.255 e. The van der Waals surface area contributed by atoms with Crippen molar-refractivity contribution in [1.29, 1.82) is 0 Å². The van der Waals surface area contributed by atoms with Gasteiger partial charge >= 0.3 is 0 Å². The molecule has 0 heterocycles. The van der Waals surface area contributed by atoms with Crippen LogP contribution >= 0.6 is 0 Å². The van der Waals surface area contributed by atoms with Crippen LogP contribution in [0.1, 0.15) is 21.5 Å². The lowest BCUT2D eigenvalue weighted by Gasteiger charge is -2.13. The third-order valence-corrected chi connectivity index (χ3v) is 7.11. The molecule has 0 fully saturated rings. The van der Waals surface area contributed by atoms with Gasteiger partial charge in [-0.25, -0.2) is 13.1 Å². The van der Waals surface area contributed by atoms with Gasteiger partial charge in [-0.3, -0.25) is 4.79 Å². The number of nitrogens with one attached hydrogen (secondary N) is 2. The third-order valence-electron chi connectivity index (χ3n) is 5.62. The zero-order valence-corrected chi connectivity index (χ0v) is 21.2. The van der Waals surface area contributed by atoms with Gasteiger partial charge in [-0.1, -0.05) is 60.7 Å². The van der Waals surface area contributed by atoms with E-state index in [2.05, 4.69) is 10.0 Å². The lowest BCUT2D eigenvalue weighted by Crippen LogP contribution is -2.27. The van der Waals surface area contributed by atoms with Crippen molar-refractivity contribution in [3.63, 3.8) is 0 Å². The molecule has 4 aromatic carbocycles. The van der Waals surface area contributed by atoms with Crippen LogP contribution in [0.4, 0.5) is 5.69 Å². The van der Waals surface area contributed by atoms with E-state index in [1.807, 2.05) is 60.7 Å². The molecule has 37 heavy (non-hydrogen) atoms. The highest BCUT2D eigenvalue weighted by Crippen LogP contribution is 2.26. The minimum Gasteiger partial charge on any atom is -0.495 e. The van der Waals surface area contributed by atoms with Crippen LogP contribution in [0.2, 0.25) is 0 Å². The van der Waals surface area contributed by atoms with E-state index in [9.17, 15) is 13.2 Å². The molecular weight excluding hydrogens is 488 g/mol. The summed E-state index contributed by atoms with van der Waals surface area (Å²) in [5.41, 5.74) is 2.81. The van der Waals surface area contributed by atoms with Crippen LogP contribution in [0.15, 0.2) is 108 Å². The average Bonchev–Trinajstić information content (AvgIpc) is 2.93. The molecule has 0 aliphatic heterocycles. The van der Waals surface area contributed by atoms with E-state index in [-0.39, 0.29) is 22.8 Å². The normalized spacial score (nSPS) is 11.1. The van der Waals surface area contributed by atoms with E-state index in [4.69, 9.17) is 9.47 Å². The number of hydrogen-bond donors (Lipinski definition) is 2. The first-order chi connectivity index (χ1) is 17.9. The highest BCUT2D eigenvalue weighted by atomic mass is 32.2. The average molecular weight is 517 g/mol. The molecule has 0 saturated carbocycles. The summed E-state index contributed by atoms with van der Waals surface area (Å²) in [6.07, 6.45) is 0.535. The Balaban J connectivity index is 1.40. The zero-order valence-electron chi connectivity index (χ0n) is 20.4. The summed E-state index contributed by atoms with van der Waals surface area (Å²) in [5, 5.41) is 2.79. The number of ether oxygens (including phenoxy) is 2. The lowest BCUT2D eigenvalue weighted by molar-refractivity contribution is 0.102. The second-order valence-electron chi connectivity index (χ2n) is 8.25. The van der Waals surface area contributed by atoms with Crippen molar-refractivity contribution in [2.24, 2.45) is 0 Å². The van der Waals surface area contributed by atoms with Crippen LogP contribution in [0.25, 0.3) is 0 Å². The zero-order chi connectivity index (χ0) is 26.1. The van der Waals surface area contributed by atoms with E-state index in [0.29, 0.717) is 24.5 Å². The van der Waals surface area contributed by atoms with Crippen LogP contribution in [0.5, 0.6) is 11.5 Å². The predicted molar refractivity (Wildman–Crippen MR) is 143 cm³/mol. The summed E-state index contributed by atoms with van der Waals surface area (Å²) in [4.78, 5) is 12.8.